The van der Waals surface area contributed by atoms with Gasteiger partial charge in [-0.05, 0) is 43.9 Å². The van der Waals surface area contributed by atoms with E-state index in [2.05, 4.69) is 44.5 Å². The summed E-state index contributed by atoms with van der Waals surface area (Å²) in [5.74, 6) is 0. The Kier molecular flexibility index (Phi) is 2.76. The van der Waals surface area contributed by atoms with E-state index in [1.165, 1.54) is 33.3 Å². The van der Waals surface area contributed by atoms with Gasteiger partial charge in [-0.1, -0.05) is 12.1 Å². The zero-order valence-corrected chi connectivity index (χ0v) is 10.5. The summed E-state index contributed by atoms with van der Waals surface area (Å²) < 4.78 is 2.24. The summed E-state index contributed by atoms with van der Waals surface area (Å²) in [6.45, 7) is 6.65. The smallest absolute Gasteiger partial charge is 0.0515 e. The number of nitrogens with zero attached hydrogens (tertiary/aromatic N) is 1. The molecule has 0 aliphatic heterocycles. The fourth-order valence-corrected chi connectivity index (χ4v) is 2.47. The zero-order chi connectivity index (χ0) is 11.9. The van der Waals surface area contributed by atoms with Crippen LogP contribution in [0, 0.1) is 20.8 Å². The molecule has 1 aromatic carbocycles. The van der Waals surface area contributed by atoms with Crippen molar-refractivity contribution in [3.8, 4) is 0 Å². The molecule has 2 heteroatoms. The van der Waals surface area contributed by atoms with Crippen molar-refractivity contribution in [3.05, 3.63) is 34.5 Å². The first-order valence-electron chi connectivity index (χ1n) is 5.72. The third kappa shape index (κ3) is 1.45. The predicted octanol–water partition coefficient (Wildman–Crippen LogP) is 2.64. The predicted molar refractivity (Wildman–Crippen MR) is 67.9 cm³/mol. The van der Waals surface area contributed by atoms with Crippen LogP contribution in [0.3, 0.4) is 0 Å². The average Bonchev–Trinajstić information content (AvgIpc) is 2.50. The van der Waals surface area contributed by atoms with E-state index >= 15 is 0 Å². The molecule has 16 heavy (non-hydrogen) atoms. The van der Waals surface area contributed by atoms with E-state index < -0.39 is 0 Å². The van der Waals surface area contributed by atoms with Gasteiger partial charge in [-0.15, -0.1) is 0 Å². The third-order valence-corrected chi connectivity index (χ3v) is 3.66. The lowest BCUT2D eigenvalue weighted by atomic mass is 10.0. The molecule has 86 valence electrons. The summed E-state index contributed by atoms with van der Waals surface area (Å²) in [6, 6.07) is 4.34. The van der Waals surface area contributed by atoms with Crippen molar-refractivity contribution >= 4 is 10.9 Å². The van der Waals surface area contributed by atoms with E-state index in [1.54, 1.807) is 0 Å². The maximum absolute atomic E-state index is 9.13. The maximum atomic E-state index is 9.13. The van der Waals surface area contributed by atoms with Gasteiger partial charge >= 0.3 is 0 Å². The fraction of sp³-hybridized carbons (Fsp3) is 0.429. The molecule has 0 radical (unpaired) electrons. The van der Waals surface area contributed by atoms with Crippen molar-refractivity contribution in [1.29, 1.82) is 0 Å². The van der Waals surface area contributed by atoms with Crippen LogP contribution in [0.15, 0.2) is 12.1 Å². The summed E-state index contributed by atoms with van der Waals surface area (Å²) in [5.41, 5.74) is 6.51. The average molecular weight is 217 g/mol. The number of aliphatic hydroxyl groups excluding tert-OH is 1. The second-order valence-corrected chi connectivity index (χ2v) is 4.50. The van der Waals surface area contributed by atoms with E-state index in [0.717, 1.165) is 6.42 Å². The molecule has 0 aliphatic rings. The molecule has 0 spiro atoms. The molecule has 0 amide bonds. The van der Waals surface area contributed by atoms with Gasteiger partial charge in [0.2, 0.25) is 0 Å². The Bertz CT molecular complexity index is 537. The van der Waals surface area contributed by atoms with Crippen LogP contribution < -0.4 is 0 Å². The van der Waals surface area contributed by atoms with Crippen molar-refractivity contribution in [2.75, 3.05) is 6.61 Å². The second kappa shape index (κ2) is 3.95. The molecule has 1 aromatic heterocycles. The lowest BCUT2D eigenvalue weighted by Crippen LogP contribution is -1.95. The molecule has 1 N–H and O–H groups in total. The molecule has 0 aliphatic carbocycles. The molecule has 1 heterocycles. The lowest BCUT2D eigenvalue weighted by molar-refractivity contribution is 0.299. The molecule has 2 nitrogen and oxygen atoms in total. The molecule has 0 saturated heterocycles. The maximum Gasteiger partial charge on any atom is 0.0515 e. The second-order valence-electron chi connectivity index (χ2n) is 4.50. The number of aliphatic hydroxyl groups is 1. The van der Waals surface area contributed by atoms with E-state index in [1.807, 2.05) is 0 Å². The molecule has 0 bridgehead atoms. The number of aromatic nitrogens is 1. The van der Waals surface area contributed by atoms with Gasteiger partial charge in [-0.3, -0.25) is 0 Å². The first-order chi connectivity index (χ1) is 7.57. The van der Waals surface area contributed by atoms with Crippen LogP contribution >= 0.6 is 0 Å². The monoisotopic (exact) mass is 217 g/mol. The molecule has 2 aromatic rings. The van der Waals surface area contributed by atoms with Gasteiger partial charge in [0.15, 0.2) is 0 Å². The summed E-state index contributed by atoms with van der Waals surface area (Å²) in [7, 11) is 2.10. The largest absolute Gasteiger partial charge is 0.396 e. The summed E-state index contributed by atoms with van der Waals surface area (Å²) in [5, 5.41) is 10.4. The van der Waals surface area contributed by atoms with Crippen LogP contribution in [0.2, 0.25) is 0 Å². The van der Waals surface area contributed by atoms with Gasteiger partial charge in [0.05, 0.1) is 5.52 Å². The van der Waals surface area contributed by atoms with Crippen LogP contribution in [0.25, 0.3) is 10.9 Å². The number of rotatable bonds is 2. The minimum absolute atomic E-state index is 0.215. The molecular weight excluding hydrogens is 198 g/mol. The Labute approximate surface area is 96.5 Å². The Morgan fingerprint density at radius 2 is 1.88 bits per heavy atom. The van der Waals surface area contributed by atoms with E-state index in [-0.39, 0.29) is 6.61 Å². The topological polar surface area (TPSA) is 25.2 Å². The number of benzene rings is 1. The van der Waals surface area contributed by atoms with Crippen molar-refractivity contribution in [2.24, 2.45) is 7.05 Å². The van der Waals surface area contributed by atoms with Crippen molar-refractivity contribution in [2.45, 2.75) is 27.2 Å². The zero-order valence-electron chi connectivity index (χ0n) is 10.5. The van der Waals surface area contributed by atoms with Crippen LogP contribution in [-0.4, -0.2) is 16.3 Å². The van der Waals surface area contributed by atoms with E-state index in [4.69, 9.17) is 5.11 Å². The highest BCUT2D eigenvalue weighted by atomic mass is 16.2. The molecule has 0 fully saturated rings. The van der Waals surface area contributed by atoms with E-state index in [9.17, 15) is 0 Å². The number of fused-ring (bicyclic) bond motifs is 1. The molecular formula is C14H19NO. The highest BCUT2D eigenvalue weighted by molar-refractivity contribution is 5.89. The van der Waals surface area contributed by atoms with E-state index in [0.29, 0.717) is 0 Å². The minimum atomic E-state index is 0.215. The van der Waals surface area contributed by atoms with Gasteiger partial charge in [0.25, 0.3) is 0 Å². The fourth-order valence-electron chi connectivity index (χ4n) is 2.47. The Hall–Kier alpha value is -1.28. The molecule has 2 rings (SSSR count). The summed E-state index contributed by atoms with van der Waals surface area (Å²) >= 11 is 0. The lowest BCUT2D eigenvalue weighted by Gasteiger charge is -2.05. The normalized spacial score (nSPS) is 11.3. The third-order valence-electron chi connectivity index (χ3n) is 3.66. The first-order valence-corrected chi connectivity index (χ1v) is 5.72. The Morgan fingerprint density at radius 3 is 2.50 bits per heavy atom. The molecule has 0 atom stereocenters. The highest BCUT2D eigenvalue weighted by Gasteiger charge is 2.13. The van der Waals surface area contributed by atoms with Gasteiger partial charge in [-0.25, -0.2) is 0 Å². The Balaban J connectivity index is 2.84. The summed E-state index contributed by atoms with van der Waals surface area (Å²) in [6.07, 6.45) is 0.742. The van der Waals surface area contributed by atoms with Crippen molar-refractivity contribution in [1.82, 2.24) is 4.57 Å². The van der Waals surface area contributed by atoms with Gasteiger partial charge in [0.1, 0.15) is 0 Å². The first kappa shape index (κ1) is 11.2. The van der Waals surface area contributed by atoms with Crippen LogP contribution in [0.1, 0.15) is 22.4 Å². The van der Waals surface area contributed by atoms with Crippen LogP contribution in [-0.2, 0) is 13.5 Å². The number of hydrogen-bond acceptors (Lipinski definition) is 1. The standard InChI is InChI=1S/C14H19NO/c1-9-5-6-13-12(7-8-16)11(3)15(4)14(13)10(9)2/h5-6,16H,7-8H2,1-4H3. The number of aryl methyl sites for hydroxylation is 3. The number of hydrogen-bond donors (Lipinski definition) is 1. The highest BCUT2D eigenvalue weighted by Crippen LogP contribution is 2.29. The minimum Gasteiger partial charge on any atom is -0.396 e. The Morgan fingerprint density at radius 1 is 1.19 bits per heavy atom. The van der Waals surface area contributed by atoms with Crippen LogP contribution in [0.5, 0.6) is 0 Å². The van der Waals surface area contributed by atoms with Crippen molar-refractivity contribution in [3.63, 3.8) is 0 Å². The molecule has 0 saturated carbocycles. The quantitative estimate of drug-likeness (QED) is 0.822. The SMILES string of the molecule is Cc1ccc2c(CCO)c(C)n(C)c2c1C. The van der Waals surface area contributed by atoms with Crippen LogP contribution in [0.4, 0.5) is 0 Å². The molecule has 0 unspecified atom stereocenters. The summed E-state index contributed by atoms with van der Waals surface area (Å²) in [4.78, 5) is 0. The van der Waals surface area contributed by atoms with Crippen molar-refractivity contribution < 1.29 is 5.11 Å². The van der Waals surface area contributed by atoms with Gasteiger partial charge in [0, 0.05) is 24.7 Å². The van der Waals surface area contributed by atoms with Gasteiger partial charge in [-0.2, -0.15) is 0 Å². The van der Waals surface area contributed by atoms with Gasteiger partial charge < -0.3 is 9.67 Å².